The van der Waals surface area contributed by atoms with Gasteiger partial charge < -0.3 is 14.4 Å². The fraction of sp³-hybridized carbons (Fsp3) is 0.368. The van der Waals surface area contributed by atoms with E-state index < -0.39 is 0 Å². The molecule has 2 rings (SSSR count). The van der Waals surface area contributed by atoms with Crippen LogP contribution in [0.4, 0.5) is 5.69 Å². The second-order valence-corrected chi connectivity index (χ2v) is 5.30. The van der Waals surface area contributed by atoms with Gasteiger partial charge in [0.25, 0.3) is 0 Å². The second kappa shape index (κ2) is 9.11. The number of aliphatic hydroxyl groups excluding tert-OH is 1. The van der Waals surface area contributed by atoms with Gasteiger partial charge in [0, 0.05) is 25.4 Å². The van der Waals surface area contributed by atoms with E-state index in [-0.39, 0.29) is 0 Å². The Morgan fingerprint density at radius 3 is 2.50 bits per heavy atom. The zero-order chi connectivity index (χ0) is 15.6. The van der Waals surface area contributed by atoms with Gasteiger partial charge in [-0.1, -0.05) is 18.2 Å². The molecule has 0 aliphatic carbocycles. The van der Waals surface area contributed by atoms with E-state index in [4.69, 9.17) is 9.52 Å². The lowest BCUT2D eigenvalue weighted by Gasteiger charge is -2.23. The van der Waals surface area contributed by atoms with Gasteiger partial charge in [0.2, 0.25) is 0 Å². The fourth-order valence-electron chi connectivity index (χ4n) is 2.42. The van der Waals surface area contributed by atoms with Gasteiger partial charge in [-0.25, -0.2) is 0 Å². The van der Waals surface area contributed by atoms with Gasteiger partial charge in [-0.2, -0.15) is 0 Å². The van der Waals surface area contributed by atoms with Crippen LogP contribution in [0, 0.1) is 0 Å². The molecule has 2 aromatic rings. The maximum Gasteiger partial charge on any atom is 0.126 e. The summed E-state index contributed by atoms with van der Waals surface area (Å²) in [6.07, 6.45) is 8.81. The van der Waals surface area contributed by atoms with E-state index in [0.29, 0.717) is 6.61 Å². The first kappa shape index (κ1) is 16.4. The zero-order valence-corrected chi connectivity index (χ0v) is 13.2. The standard InChI is InChI=1S/C19H25NO2/c1-2-20(14-4-3-5-15-21)18-11-8-17(9-12-18)10-13-19-7-6-16-22-19/h6-13,16,21H,2-5,14-15H2,1H3. The maximum atomic E-state index is 8.83. The molecule has 0 amide bonds. The van der Waals surface area contributed by atoms with Crippen molar-refractivity contribution < 1.29 is 9.52 Å². The van der Waals surface area contributed by atoms with Crippen LogP contribution < -0.4 is 4.90 Å². The molecule has 0 saturated heterocycles. The molecule has 0 unspecified atom stereocenters. The number of rotatable bonds is 9. The molecule has 1 heterocycles. The Labute approximate surface area is 132 Å². The minimum Gasteiger partial charge on any atom is -0.465 e. The Kier molecular flexibility index (Phi) is 6.78. The van der Waals surface area contributed by atoms with Crippen LogP contribution in [0.2, 0.25) is 0 Å². The number of benzene rings is 1. The molecule has 0 radical (unpaired) electrons. The SMILES string of the molecule is CCN(CCCCCO)c1ccc(C=Cc2ccco2)cc1. The molecule has 0 saturated carbocycles. The maximum absolute atomic E-state index is 8.83. The molecular weight excluding hydrogens is 274 g/mol. The fourth-order valence-corrected chi connectivity index (χ4v) is 2.42. The van der Waals surface area contributed by atoms with E-state index in [2.05, 4.69) is 42.2 Å². The Bertz CT molecular complexity index is 543. The average molecular weight is 299 g/mol. The summed E-state index contributed by atoms with van der Waals surface area (Å²) in [5, 5.41) is 8.83. The summed E-state index contributed by atoms with van der Waals surface area (Å²) in [6.45, 7) is 4.51. The average Bonchev–Trinajstić information content (AvgIpc) is 3.07. The molecule has 0 atom stereocenters. The lowest BCUT2D eigenvalue weighted by Crippen LogP contribution is -2.23. The van der Waals surface area contributed by atoms with Crippen molar-refractivity contribution in [3.8, 4) is 0 Å². The summed E-state index contributed by atoms with van der Waals surface area (Å²) in [4.78, 5) is 2.37. The van der Waals surface area contributed by atoms with Crippen LogP contribution in [-0.4, -0.2) is 24.8 Å². The zero-order valence-electron chi connectivity index (χ0n) is 13.2. The van der Waals surface area contributed by atoms with E-state index in [9.17, 15) is 0 Å². The Balaban J connectivity index is 1.91. The first-order chi connectivity index (χ1) is 10.8. The van der Waals surface area contributed by atoms with Gasteiger partial charge in [-0.05, 0) is 62.1 Å². The summed E-state index contributed by atoms with van der Waals surface area (Å²) < 4.78 is 5.29. The van der Waals surface area contributed by atoms with E-state index in [1.165, 1.54) is 5.69 Å². The Morgan fingerprint density at radius 2 is 1.86 bits per heavy atom. The van der Waals surface area contributed by atoms with Crippen molar-refractivity contribution >= 4 is 17.8 Å². The minimum absolute atomic E-state index is 0.294. The number of nitrogens with zero attached hydrogens (tertiary/aromatic N) is 1. The van der Waals surface area contributed by atoms with E-state index in [1.807, 2.05) is 18.2 Å². The molecule has 3 heteroatoms. The smallest absolute Gasteiger partial charge is 0.126 e. The predicted octanol–water partition coefficient (Wildman–Crippen LogP) is 4.44. The van der Waals surface area contributed by atoms with E-state index in [0.717, 1.165) is 43.7 Å². The van der Waals surface area contributed by atoms with Crippen LogP contribution in [0.5, 0.6) is 0 Å². The number of unbranched alkanes of at least 4 members (excludes halogenated alkanes) is 2. The van der Waals surface area contributed by atoms with Crippen LogP contribution in [0.3, 0.4) is 0 Å². The lowest BCUT2D eigenvalue weighted by molar-refractivity contribution is 0.283. The highest BCUT2D eigenvalue weighted by atomic mass is 16.3. The number of hydrogen-bond donors (Lipinski definition) is 1. The molecule has 0 fully saturated rings. The summed E-state index contributed by atoms with van der Waals surface area (Å²) >= 11 is 0. The molecule has 0 aliphatic rings. The molecule has 3 nitrogen and oxygen atoms in total. The monoisotopic (exact) mass is 299 g/mol. The van der Waals surface area contributed by atoms with Crippen molar-refractivity contribution in [3.63, 3.8) is 0 Å². The van der Waals surface area contributed by atoms with Crippen LogP contribution in [0.25, 0.3) is 12.2 Å². The molecular formula is C19H25NO2. The van der Waals surface area contributed by atoms with Crippen molar-refractivity contribution in [1.29, 1.82) is 0 Å². The van der Waals surface area contributed by atoms with Gasteiger partial charge in [0.05, 0.1) is 6.26 Å². The van der Waals surface area contributed by atoms with E-state index in [1.54, 1.807) is 6.26 Å². The number of aliphatic hydroxyl groups is 1. The molecule has 0 spiro atoms. The van der Waals surface area contributed by atoms with Crippen molar-refractivity contribution in [2.24, 2.45) is 0 Å². The topological polar surface area (TPSA) is 36.6 Å². The number of anilines is 1. The van der Waals surface area contributed by atoms with Crippen LogP contribution in [0.15, 0.2) is 47.1 Å². The van der Waals surface area contributed by atoms with E-state index >= 15 is 0 Å². The van der Waals surface area contributed by atoms with Gasteiger partial charge in [-0.15, -0.1) is 0 Å². The lowest BCUT2D eigenvalue weighted by atomic mass is 10.1. The van der Waals surface area contributed by atoms with Crippen LogP contribution >= 0.6 is 0 Å². The summed E-state index contributed by atoms with van der Waals surface area (Å²) in [5.74, 6) is 0.864. The molecule has 22 heavy (non-hydrogen) atoms. The van der Waals surface area contributed by atoms with Gasteiger partial charge in [0.15, 0.2) is 0 Å². The third-order valence-corrected chi connectivity index (χ3v) is 3.71. The summed E-state index contributed by atoms with van der Waals surface area (Å²) in [7, 11) is 0. The highest BCUT2D eigenvalue weighted by Gasteiger charge is 2.03. The minimum atomic E-state index is 0.294. The highest BCUT2D eigenvalue weighted by Crippen LogP contribution is 2.17. The number of hydrogen-bond acceptors (Lipinski definition) is 3. The largest absolute Gasteiger partial charge is 0.465 e. The number of furan rings is 1. The second-order valence-electron chi connectivity index (χ2n) is 5.30. The quantitative estimate of drug-likeness (QED) is 0.695. The Hall–Kier alpha value is -2.00. The van der Waals surface area contributed by atoms with Crippen LogP contribution in [0.1, 0.15) is 37.5 Å². The molecule has 1 N–H and O–H groups in total. The highest BCUT2D eigenvalue weighted by molar-refractivity contribution is 5.68. The first-order valence-electron chi connectivity index (χ1n) is 8.01. The third kappa shape index (κ3) is 5.08. The Morgan fingerprint density at radius 1 is 1.05 bits per heavy atom. The summed E-state index contributed by atoms with van der Waals surface area (Å²) in [5.41, 5.74) is 2.41. The van der Waals surface area contributed by atoms with Gasteiger partial charge in [0.1, 0.15) is 5.76 Å². The normalized spacial score (nSPS) is 11.2. The summed E-state index contributed by atoms with van der Waals surface area (Å²) in [6, 6.07) is 12.4. The van der Waals surface area contributed by atoms with Crippen molar-refractivity contribution in [2.75, 3.05) is 24.6 Å². The van der Waals surface area contributed by atoms with Crippen molar-refractivity contribution in [1.82, 2.24) is 0 Å². The van der Waals surface area contributed by atoms with Crippen molar-refractivity contribution in [3.05, 3.63) is 54.0 Å². The third-order valence-electron chi connectivity index (χ3n) is 3.71. The van der Waals surface area contributed by atoms with Gasteiger partial charge in [-0.3, -0.25) is 0 Å². The molecule has 1 aromatic heterocycles. The van der Waals surface area contributed by atoms with Crippen LogP contribution in [-0.2, 0) is 0 Å². The molecule has 1 aromatic carbocycles. The molecule has 118 valence electrons. The first-order valence-corrected chi connectivity index (χ1v) is 8.01. The molecule has 0 aliphatic heterocycles. The van der Waals surface area contributed by atoms with Crippen molar-refractivity contribution in [2.45, 2.75) is 26.2 Å². The molecule has 0 bridgehead atoms. The van der Waals surface area contributed by atoms with Gasteiger partial charge >= 0.3 is 0 Å². The predicted molar refractivity (Wildman–Crippen MR) is 92.9 cm³/mol.